The summed E-state index contributed by atoms with van der Waals surface area (Å²) in [4.78, 5) is 34.0. The number of piperazine rings is 2. The van der Waals surface area contributed by atoms with Gasteiger partial charge < -0.3 is 41.0 Å². The summed E-state index contributed by atoms with van der Waals surface area (Å²) in [5.41, 5.74) is 7.46. The summed E-state index contributed by atoms with van der Waals surface area (Å²) < 4.78 is 27.3. The number of anilines is 4. The Balaban J connectivity index is 0.000000160. The molecule has 3 atom stereocenters. The molecule has 17 heteroatoms. The Morgan fingerprint density at radius 3 is 2.25 bits per heavy atom. The van der Waals surface area contributed by atoms with E-state index in [0.717, 1.165) is 113 Å². The van der Waals surface area contributed by atoms with Gasteiger partial charge in [-0.15, -0.1) is 0 Å². The van der Waals surface area contributed by atoms with Crippen LogP contribution in [0.1, 0.15) is 38.2 Å². The van der Waals surface area contributed by atoms with Crippen molar-refractivity contribution in [1.82, 2.24) is 55.7 Å². The van der Waals surface area contributed by atoms with Gasteiger partial charge >= 0.3 is 0 Å². The van der Waals surface area contributed by atoms with Crippen LogP contribution >= 0.6 is 0 Å². The third kappa shape index (κ3) is 9.24. The largest absolute Gasteiger partial charge is 0.376 e. The van der Waals surface area contributed by atoms with E-state index >= 15 is 0 Å². The second-order valence-electron chi connectivity index (χ2n) is 15.9. The highest BCUT2D eigenvalue weighted by molar-refractivity contribution is 6.02. The van der Waals surface area contributed by atoms with Crippen molar-refractivity contribution in [3.63, 3.8) is 0 Å². The van der Waals surface area contributed by atoms with Crippen molar-refractivity contribution in [2.75, 3.05) is 59.7 Å². The van der Waals surface area contributed by atoms with Crippen LogP contribution in [0.3, 0.4) is 0 Å². The number of H-pyrrole nitrogens is 2. The number of rotatable bonds is 10. The number of pyridine rings is 3. The number of halogens is 2. The molecule has 0 radical (unpaired) electrons. The van der Waals surface area contributed by atoms with Gasteiger partial charge in [-0.25, -0.2) is 33.7 Å². The van der Waals surface area contributed by atoms with E-state index in [1.165, 1.54) is 6.07 Å². The first-order valence-electron chi connectivity index (χ1n) is 21.2. The highest BCUT2D eigenvalue weighted by Gasteiger charge is 2.23. The summed E-state index contributed by atoms with van der Waals surface area (Å²) in [6.07, 6.45) is 10.4. The molecule has 8 aromatic rings. The van der Waals surface area contributed by atoms with Crippen molar-refractivity contribution in [3.8, 4) is 22.3 Å². The number of fused-ring (bicyclic) bond motifs is 2. The molecule has 2 fully saturated rings. The highest BCUT2D eigenvalue weighted by atomic mass is 19.2. The molecule has 1 unspecified atom stereocenters. The van der Waals surface area contributed by atoms with Crippen LogP contribution in [0.15, 0.2) is 104 Å². The second-order valence-corrected chi connectivity index (χ2v) is 15.9. The van der Waals surface area contributed by atoms with Gasteiger partial charge in [-0.1, -0.05) is 18.2 Å². The van der Waals surface area contributed by atoms with Gasteiger partial charge in [0.25, 0.3) is 0 Å². The van der Waals surface area contributed by atoms with Crippen molar-refractivity contribution in [3.05, 3.63) is 127 Å². The summed E-state index contributed by atoms with van der Waals surface area (Å²) in [7, 11) is 0. The van der Waals surface area contributed by atoms with Crippen molar-refractivity contribution < 1.29 is 8.78 Å². The Morgan fingerprint density at radius 1 is 0.746 bits per heavy atom. The molecular formula is C46H49F2N15. The zero-order valence-corrected chi connectivity index (χ0v) is 35.3. The molecule has 15 nitrogen and oxygen atoms in total. The number of benzene rings is 1. The lowest BCUT2D eigenvalue weighted by molar-refractivity contribution is 0.405. The molecule has 2 aliphatic rings. The van der Waals surface area contributed by atoms with E-state index in [1.807, 2.05) is 42.6 Å². The lowest BCUT2D eigenvalue weighted by Gasteiger charge is -2.37. The number of nitrogens with one attached hydrogen (secondary N) is 6. The van der Waals surface area contributed by atoms with Crippen LogP contribution in [0.25, 0.3) is 44.3 Å². The van der Waals surface area contributed by atoms with E-state index in [1.54, 1.807) is 37.2 Å². The van der Waals surface area contributed by atoms with Gasteiger partial charge in [0.15, 0.2) is 11.6 Å². The lowest BCUT2D eigenvalue weighted by atomic mass is 10.0. The van der Waals surface area contributed by atoms with Crippen LogP contribution in [0.5, 0.6) is 0 Å². The smallest absolute Gasteiger partial charge is 0.159 e. The van der Waals surface area contributed by atoms with Crippen LogP contribution in [-0.4, -0.2) is 96.4 Å². The second kappa shape index (κ2) is 18.5. The zero-order chi connectivity index (χ0) is 43.3. The topological polar surface area (TPSA) is 176 Å². The number of aromatic nitrogens is 9. The van der Waals surface area contributed by atoms with E-state index in [0.29, 0.717) is 29.8 Å². The van der Waals surface area contributed by atoms with E-state index in [-0.39, 0.29) is 6.04 Å². The van der Waals surface area contributed by atoms with Crippen LogP contribution in [0.2, 0.25) is 0 Å². The summed E-state index contributed by atoms with van der Waals surface area (Å²) in [6, 6.07) is 20.8. The fourth-order valence-electron chi connectivity index (χ4n) is 8.33. The minimum Gasteiger partial charge on any atom is -0.376 e. The van der Waals surface area contributed by atoms with Gasteiger partial charge in [-0.2, -0.15) is 10.2 Å². The zero-order valence-electron chi connectivity index (χ0n) is 35.3. The van der Waals surface area contributed by atoms with E-state index in [9.17, 15) is 8.78 Å². The fourth-order valence-corrected chi connectivity index (χ4v) is 8.33. The molecule has 6 N–H and O–H groups in total. The fraction of sp³-hybridized carbons (Fsp3) is 0.283. The molecule has 322 valence electrons. The van der Waals surface area contributed by atoms with Crippen molar-refractivity contribution in [2.45, 2.75) is 45.4 Å². The molecule has 0 amide bonds. The van der Waals surface area contributed by atoms with Crippen LogP contribution < -0.4 is 31.1 Å². The minimum absolute atomic E-state index is 0.0730. The SMILES string of the molecule is CC(Nc1ccnc2[nH]cc(-c3ccc(F)c(F)c3)c12)c1cccc(N2CCNCC2)n1.C[C@@H]1CN(c2cccc(CNc3ncnc4[nH]cc(-c5ccnnc5)c34)n2)C[C@H](C)N1. The predicted octanol–water partition coefficient (Wildman–Crippen LogP) is 7.09. The molecule has 10 rings (SSSR count). The van der Waals surface area contributed by atoms with E-state index in [4.69, 9.17) is 9.97 Å². The number of aromatic amines is 2. The molecule has 2 saturated heterocycles. The first kappa shape index (κ1) is 41.3. The van der Waals surface area contributed by atoms with Gasteiger partial charge in [0, 0.05) is 97.7 Å². The van der Waals surface area contributed by atoms with Crippen molar-refractivity contribution in [2.24, 2.45) is 0 Å². The van der Waals surface area contributed by atoms with Gasteiger partial charge in [0.1, 0.15) is 35.1 Å². The molecule has 9 heterocycles. The summed E-state index contributed by atoms with van der Waals surface area (Å²) in [5.74, 6) is 1.00. The number of hydrogen-bond acceptors (Lipinski definition) is 13. The van der Waals surface area contributed by atoms with E-state index < -0.39 is 11.6 Å². The Labute approximate surface area is 363 Å². The quantitative estimate of drug-likeness (QED) is 0.0823. The molecule has 0 spiro atoms. The molecule has 63 heavy (non-hydrogen) atoms. The molecule has 7 aromatic heterocycles. The Hall–Kier alpha value is -7.11. The van der Waals surface area contributed by atoms with Crippen molar-refractivity contribution in [1.29, 1.82) is 0 Å². The molecule has 0 saturated carbocycles. The Morgan fingerprint density at radius 2 is 1.49 bits per heavy atom. The van der Waals surface area contributed by atoms with Gasteiger partial charge in [0.05, 0.1) is 41.8 Å². The maximum absolute atomic E-state index is 13.9. The number of hydrogen-bond donors (Lipinski definition) is 6. The first-order valence-corrected chi connectivity index (χ1v) is 21.2. The average Bonchev–Trinajstić information content (AvgIpc) is 3.96. The minimum atomic E-state index is -0.877. The standard InChI is InChI=1S/C24H24F2N6.C22H25N9/c1-15(20-3-2-4-22(31-20)32-11-9-27-10-12-32)30-21-7-8-28-24-23(21)17(14-29-24)16-5-6-18(25)19(26)13-16;1-14-11-31(12-15(2)29-14)19-5-3-4-17(30-19)9-23-21-20-18(16-6-7-27-28-8-16)10-24-22(20)26-13-25-21/h2-8,13-15,27H,9-12H2,1H3,(H2,28,29,30);3-8,10,13-15,29H,9,11-12H2,1-2H3,(H2,23,24,25,26)/t;14-,15+. The van der Waals surface area contributed by atoms with Crippen LogP contribution in [0.4, 0.5) is 31.9 Å². The molecule has 1 aromatic carbocycles. The maximum Gasteiger partial charge on any atom is 0.159 e. The normalized spacial score (nSPS) is 17.0. The van der Waals surface area contributed by atoms with Gasteiger partial charge in [-0.05, 0) is 74.9 Å². The predicted molar refractivity (Wildman–Crippen MR) is 244 cm³/mol. The Kier molecular flexibility index (Phi) is 12.1. The van der Waals surface area contributed by atoms with Crippen LogP contribution in [-0.2, 0) is 6.54 Å². The first-order chi connectivity index (χ1) is 30.8. The molecule has 2 aliphatic heterocycles. The Bertz CT molecular complexity index is 2800. The highest BCUT2D eigenvalue weighted by Crippen LogP contribution is 2.36. The summed E-state index contributed by atoms with van der Waals surface area (Å²) in [6.45, 7) is 12.7. The number of nitrogens with zero attached hydrogens (tertiary/aromatic N) is 9. The molecule has 0 bridgehead atoms. The molecule has 0 aliphatic carbocycles. The van der Waals surface area contributed by atoms with Gasteiger partial charge in [-0.3, -0.25) is 0 Å². The van der Waals surface area contributed by atoms with Crippen LogP contribution in [0, 0.1) is 11.6 Å². The third-order valence-electron chi connectivity index (χ3n) is 11.3. The summed E-state index contributed by atoms with van der Waals surface area (Å²) >= 11 is 0. The van der Waals surface area contributed by atoms with E-state index in [2.05, 4.69) is 99.1 Å². The third-order valence-corrected chi connectivity index (χ3v) is 11.3. The lowest BCUT2D eigenvalue weighted by Crippen LogP contribution is -2.54. The van der Waals surface area contributed by atoms with Gasteiger partial charge in [0.2, 0.25) is 0 Å². The monoisotopic (exact) mass is 849 g/mol. The maximum atomic E-state index is 13.9. The van der Waals surface area contributed by atoms with Crippen molar-refractivity contribution >= 4 is 45.2 Å². The molecular weight excluding hydrogens is 801 g/mol. The summed E-state index contributed by atoms with van der Waals surface area (Å²) in [5, 5.41) is 23.5. The average molecular weight is 850 g/mol.